The third kappa shape index (κ3) is 3.47. The Balaban J connectivity index is 1.99. The maximum atomic E-state index is 2.54. The molecule has 0 amide bonds. The van der Waals surface area contributed by atoms with Crippen molar-refractivity contribution in [3.8, 4) is 0 Å². The molecule has 1 fully saturated rings. The largest absolute Gasteiger partial charge is 0.371 e. The molecule has 1 unspecified atom stereocenters. The molecule has 1 heterocycles. The zero-order valence-electron chi connectivity index (χ0n) is 11.3. The fourth-order valence-corrected chi connectivity index (χ4v) is 2.72. The first-order valence-corrected chi connectivity index (χ1v) is 6.61. The fraction of sp³-hybridized carbons (Fsp3) is 0.600. The van der Waals surface area contributed by atoms with Gasteiger partial charge in [-0.15, -0.1) is 0 Å². The highest BCUT2D eigenvalue weighted by atomic mass is 15.1. The van der Waals surface area contributed by atoms with Crippen LogP contribution >= 0.6 is 0 Å². The second-order valence-corrected chi connectivity index (χ2v) is 5.55. The minimum absolute atomic E-state index is 0.819. The van der Waals surface area contributed by atoms with Crippen molar-refractivity contribution in [2.75, 3.05) is 38.6 Å². The van der Waals surface area contributed by atoms with Gasteiger partial charge in [0.2, 0.25) is 0 Å². The minimum Gasteiger partial charge on any atom is -0.371 e. The van der Waals surface area contributed by atoms with Crippen molar-refractivity contribution in [3.63, 3.8) is 0 Å². The monoisotopic (exact) mass is 232 g/mol. The molecule has 94 valence electrons. The molecule has 2 rings (SSSR count). The molecule has 0 spiro atoms. The molecule has 1 aromatic carbocycles. The maximum absolute atomic E-state index is 2.54. The highest BCUT2D eigenvalue weighted by Crippen LogP contribution is 2.23. The Morgan fingerprint density at radius 1 is 1.24 bits per heavy atom. The van der Waals surface area contributed by atoms with Crippen molar-refractivity contribution in [2.24, 2.45) is 5.92 Å². The van der Waals surface area contributed by atoms with E-state index in [0.29, 0.717) is 0 Å². The summed E-state index contributed by atoms with van der Waals surface area (Å²) in [5.74, 6) is 0.819. The first-order chi connectivity index (χ1) is 8.15. The fourth-order valence-electron chi connectivity index (χ4n) is 2.72. The van der Waals surface area contributed by atoms with Gasteiger partial charge >= 0.3 is 0 Å². The van der Waals surface area contributed by atoms with E-state index in [0.717, 1.165) is 5.92 Å². The molecule has 1 aliphatic rings. The smallest absolute Gasteiger partial charge is 0.0366 e. The molecule has 0 radical (unpaired) electrons. The van der Waals surface area contributed by atoms with E-state index in [2.05, 4.69) is 55.1 Å². The molecule has 0 bridgehead atoms. The molecule has 0 N–H and O–H groups in total. The normalized spacial score (nSPS) is 20.9. The van der Waals surface area contributed by atoms with E-state index in [1.165, 1.54) is 43.7 Å². The Labute approximate surface area is 105 Å². The first kappa shape index (κ1) is 12.4. The topological polar surface area (TPSA) is 6.48 Å². The standard InChI is InChI=1S/C15H24N2/c1-13-6-8-15(9-7-13)17-10-4-5-14(12-17)11-16(2)3/h6-9,14H,4-5,10-12H2,1-3H3. The number of hydrogen-bond donors (Lipinski definition) is 0. The second kappa shape index (κ2) is 5.54. The van der Waals surface area contributed by atoms with E-state index >= 15 is 0 Å². The summed E-state index contributed by atoms with van der Waals surface area (Å²) in [7, 11) is 4.34. The van der Waals surface area contributed by atoms with Crippen LogP contribution in [0.5, 0.6) is 0 Å². The quantitative estimate of drug-likeness (QED) is 0.790. The number of hydrogen-bond acceptors (Lipinski definition) is 2. The highest BCUT2D eigenvalue weighted by molar-refractivity contribution is 5.47. The van der Waals surface area contributed by atoms with Gasteiger partial charge in [0.1, 0.15) is 0 Å². The number of anilines is 1. The van der Waals surface area contributed by atoms with Gasteiger partial charge in [0.15, 0.2) is 0 Å². The lowest BCUT2D eigenvalue weighted by Gasteiger charge is -2.35. The summed E-state index contributed by atoms with van der Waals surface area (Å²) in [6, 6.07) is 8.94. The molecule has 2 heteroatoms. The third-order valence-electron chi connectivity index (χ3n) is 3.54. The van der Waals surface area contributed by atoms with Gasteiger partial charge in [0, 0.05) is 25.3 Å². The number of nitrogens with zero attached hydrogens (tertiary/aromatic N) is 2. The lowest BCUT2D eigenvalue weighted by Crippen LogP contribution is -2.39. The molecule has 1 aliphatic heterocycles. The Hall–Kier alpha value is -1.02. The van der Waals surface area contributed by atoms with E-state index in [-0.39, 0.29) is 0 Å². The Kier molecular flexibility index (Phi) is 4.06. The summed E-state index contributed by atoms with van der Waals surface area (Å²) in [5.41, 5.74) is 2.73. The molecule has 0 saturated carbocycles. The predicted octanol–water partition coefficient (Wildman–Crippen LogP) is 2.77. The van der Waals surface area contributed by atoms with Gasteiger partial charge in [-0.1, -0.05) is 17.7 Å². The van der Waals surface area contributed by atoms with E-state index in [9.17, 15) is 0 Å². The van der Waals surface area contributed by atoms with Crippen LogP contribution in [0.3, 0.4) is 0 Å². The van der Waals surface area contributed by atoms with Crippen molar-refractivity contribution >= 4 is 5.69 Å². The number of aryl methyl sites for hydroxylation is 1. The molecule has 17 heavy (non-hydrogen) atoms. The lowest BCUT2D eigenvalue weighted by atomic mass is 9.97. The molecular formula is C15H24N2. The van der Waals surface area contributed by atoms with Gasteiger partial charge < -0.3 is 9.80 Å². The number of rotatable bonds is 3. The van der Waals surface area contributed by atoms with Crippen LogP contribution in [0, 0.1) is 12.8 Å². The van der Waals surface area contributed by atoms with Crippen molar-refractivity contribution in [1.29, 1.82) is 0 Å². The van der Waals surface area contributed by atoms with Crippen LogP contribution in [0.1, 0.15) is 18.4 Å². The summed E-state index contributed by atoms with van der Waals surface area (Å²) >= 11 is 0. The number of piperidine rings is 1. The van der Waals surface area contributed by atoms with Crippen LogP contribution in [0.2, 0.25) is 0 Å². The SMILES string of the molecule is Cc1ccc(N2CCCC(CN(C)C)C2)cc1. The predicted molar refractivity (Wildman–Crippen MR) is 74.7 cm³/mol. The van der Waals surface area contributed by atoms with Gasteiger partial charge in [-0.25, -0.2) is 0 Å². The van der Waals surface area contributed by atoms with Crippen LogP contribution in [0.25, 0.3) is 0 Å². The Bertz CT molecular complexity index is 342. The van der Waals surface area contributed by atoms with Crippen molar-refractivity contribution in [2.45, 2.75) is 19.8 Å². The van der Waals surface area contributed by atoms with Crippen LogP contribution < -0.4 is 4.90 Å². The van der Waals surface area contributed by atoms with Gasteiger partial charge in [0.05, 0.1) is 0 Å². The van der Waals surface area contributed by atoms with Crippen LogP contribution in [-0.4, -0.2) is 38.6 Å². The summed E-state index contributed by atoms with van der Waals surface area (Å²) in [4.78, 5) is 4.85. The van der Waals surface area contributed by atoms with Gasteiger partial charge in [0.25, 0.3) is 0 Å². The molecule has 0 aromatic heterocycles. The van der Waals surface area contributed by atoms with Crippen molar-refractivity contribution in [3.05, 3.63) is 29.8 Å². The minimum atomic E-state index is 0.819. The Morgan fingerprint density at radius 2 is 1.94 bits per heavy atom. The van der Waals surface area contributed by atoms with Crippen LogP contribution in [0.4, 0.5) is 5.69 Å². The van der Waals surface area contributed by atoms with E-state index in [4.69, 9.17) is 0 Å². The lowest BCUT2D eigenvalue weighted by molar-refractivity contribution is 0.292. The average molecular weight is 232 g/mol. The highest BCUT2D eigenvalue weighted by Gasteiger charge is 2.20. The van der Waals surface area contributed by atoms with E-state index in [1.807, 2.05) is 0 Å². The average Bonchev–Trinajstić information content (AvgIpc) is 2.29. The Morgan fingerprint density at radius 3 is 2.59 bits per heavy atom. The molecule has 1 atom stereocenters. The second-order valence-electron chi connectivity index (χ2n) is 5.55. The molecule has 0 aliphatic carbocycles. The molecular weight excluding hydrogens is 208 g/mol. The molecule has 2 nitrogen and oxygen atoms in total. The van der Waals surface area contributed by atoms with Crippen molar-refractivity contribution in [1.82, 2.24) is 4.90 Å². The van der Waals surface area contributed by atoms with Gasteiger partial charge in [-0.3, -0.25) is 0 Å². The maximum Gasteiger partial charge on any atom is 0.0366 e. The van der Waals surface area contributed by atoms with Crippen LogP contribution in [0.15, 0.2) is 24.3 Å². The van der Waals surface area contributed by atoms with Crippen molar-refractivity contribution < 1.29 is 0 Å². The zero-order chi connectivity index (χ0) is 12.3. The summed E-state index contributed by atoms with van der Waals surface area (Å²) in [6.45, 7) is 5.78. The van der Waals surface area contributed by atoms with E-state index in [1.54, 1.807) is 0 Å². The molecule has 1 saturated heterocycles. The zero-order valence-corrected chi connectivity index (χ0v) is 11.3. The number of benzene rings is 1. The summed E-state index contributed by atoms with van der Waals surface area (Å²) in [5, 5.41) is 0. The molecule has 1 aromatic rings. The van der Waals surface area contributed by atoms with E-state index < -0.39 is 0 Å². The summed E-state index contributed by atoms with van der Waals surface area (Å²) in [6.07, 6.45) is 2.70. The first-order valence-electron chi connectivity index (χ1n) is 6.61. The summed E-state index contributed by atoms with van der Waals surface area (Å²) < 4.78 is 0. The van der Waals surface area contributed by atoms with Crippen LogP contribution in [-0.2, 0) is 0 Å². The third-order valence-corrected chi connectivity index (χ3v) is 3.54. The van der Waals surface area contributed by atoms with Gasteiger partial charge in [-0.2, -0.15) is 0 Å². The van der Waals surface area contributed by atoms with Gasteiger partial charge in [-0.05, 0) is 51.9 Å².